The van der Waals surface area contributed by atoms with E-state index in [2.05, 4.69) is 10.3 Å². The molecule has 0 aliphatic heterocycles. The van der Waals surface area contributed by atoms with Crippen LogP contribution >= 0.6 is 11.3 Å². The molecule has 1 aromatic heterocycles. The third-order valence-electron chi connectivity index (χ3n) is 3.10. The van der Waals surface area contributed by atoms with Crippen molar-refractivity contribution in [3.8, 4) is 0 Å². The molecular weight excluding hydrogens is 282 g/mol. The van der Waals surface area contributed by atoms with Gasteiger partial charge in [-0.05, 0) is 25.0 Å². The standard InChI is InChI=1S/C14H12F2N2OS/c15-9-3-4-11(12(16)5-9)13(19)17-6-10-7-20-14(18-10)8-1-2-8/h3-5,7-8H,1-2,6H2,(H,17,19). The second-order valence-corrected chi connectivity index (χ2v) is 5.65. The fourth-order valence-corrected chi connectivity index (χ4v) is 2.85. The van der Waals surface area contributed by atoms with Crippen molar-refractivity contribution in [3.05, 3.63) is 51.5 Å². The van der Waals surface area contributed by atoms with E-state index in [0.29, 0.717) is 12.0 Å². The Labute approximate surface area is 118 Å². The number of benzene rings is 1. The predicted octanol–water partition coefficient (Wildman–Crippen LogP) is 3.23. The molecule has 1 fully saturated rings. The van der Waals surface area contributed by atoms with E-state index in [4.69, 9.17) is 0 Å². The summed E-state index contributed by atoms with van der Waals surface area (Å²) >= 11 is 1.59. The second kappa shape index (κ2) is 5.28. The molecule has 6 heteroatoms. The highest BCUT2D eigenvalue weighted by atomic mass is 32.1. The minimum absolute atomic E-state index is 0.163. The van der Waals surface area contributed by atoms with Crippen molar-refractivity contribution in [1.29, 1.82) is 0 Å². The topological polar surface area (TPSA) is 42.0 Å². The number of nitrogens with zero attached hydrogens (tertiary/aromatic N) is 1. The van der Waals surface area contributed by atoms with Gasteiger partial charge in [0.15, 0.2) is 0 Å². The summed E-state index contributed by atoms with van der Waals surface area (Å²) in [5.41, 5.74) is 0.608. The summed E-state index contributed by atoms with van der Waals surface area (Å²) in [6.07, 6.45) is 2.36. The molecule has 2 aromatic rings. The normalized spacial score (nSPS) is 14.3. The Hall–Kier alpha value is -1.82. The minimum atomic E-state index is -0.862. The van der Waals surface area contributed by atoms with Crippen LogP contribution in [-0.4, -0.2) is 10.9 Å². The highest BCUT2D eigenvalue weighted by molar-refractivity contribution is 7.09. The molecule has 0 unspecified atom stereocenters. The number of hydrogen-bond donors (Lipinski definition) is 1. The molecule has 0 atom stereocenters. The summed E-state index contributed by atoms with van der Waals surface area (Å²) in [7, 11) is 0. The molecule has 0 radical (unpaired) electrons. The Kier molecular flexibility index (Phi) is 3.48. The summed E-state index contributed by atoms with van der Waals surface area (Å²) in [6, 6.07) is 2.89. The maximum absolute atomic E-state index is 13.4. The third-order valence-corrected chi connectivity index (χ3v) is 4.16. The zero-order valence-corrected chi connectivity index (χ0v) is 11.3. The molecule has 20 heavy (non-hydrogen) atoms. The molecule has 3 nitrogen and oxygen atoms in total. The summed E-state index contributed by atoms with van der Waals surface area (Å²) in [6.45, 7) is 0.249. The minimum Gasteiger partial charge on any atom is -0.346 e. The Bertz CT molecular complexity index is 652. The Balaban J connectivity index is 1.63. The third kappa shape index (κ3) is 2.85. The zero-order valence-electron chi connectivity index (χ0n) is 10.5. The van der Waals surface area contributed by atoms with Gasteiger partial charge >= 0.3 is 0 Å². The van der Waals surface area contributed by atoms with Gasteiger partial charge < -0.3 is 5.32 Å². The van der Waals surface area contributed by atoms with Crippen molar-refractivity contribution in [2.45, 2.75) is 25.3 Å². The van der Waals surface area contributed by atoms with Crippen LogP contribution in [0.2, 0.25) is 0 Å². The molecule has 0 spiro atoms. The molecule has 1 aliphatic rings. The molecule has 1 saturated carbocycles. The van der Waals surface area contributed by atoms with Gasteiger partial charge in [-0.2, -0.15) is 0 Å². The van der Waals surface area contributed by atoms with Crippen molar-refractivity contribution < 1.29 is 13.6 Å². The first-order chi connectivity index (χ1) is 9.63. The lowest BCUT2D eigenvalue weighted by atomic mass is 10.2. The van der Waals surface area contributed by atoms with E-state index < -0.39 is 17.5 Å². The van der Waals surface area contributed by atoms with E-state index in [9.17, 15) is 13.6 Å². The zero-order chi connectivity index (χ0) is 14.1. The number of aromatic nitrogens is 1. The van der Waals surface area contributed by atoms with Crippen LogP contribution in [0.3, 0.4) is 0 Å². The van der Waals surface area contributed by atoms with Crippen LogP contribution in [0, 0.1) is 11.6 Å². The van der Waals surface area contributed by atoms with Gasteiger partial charge in [0.25, 0.3) is 5.91 Å². The van der Waals surface area contributed by atoms with E-state index in [-0.39, 0.29) is 12.1 Å². The predicted molar refractivity (Wildman–Crippen MR) is 71.6 cm³/mol. The molecule has 1 aliphatic carbocycles. The first-order valence-corrected chi connectivity index (χ1v) is 7.19. The quantitative estimate of drug-likeness (QED) is 0.940. The number of carbonyl (C=O) groups excluding carboxylic acids is 1. The van der Waals surface area contributed by atoms with Gasteiger partial charge in [-0.1, -0.05) is 0 Å². The molecule has 3 rings (SSSR count). The van der Waals surface area contributed by atoms with Gasteiger partial charge in [0.1, 0.15) is 11.6 Å². The van der Waals surface area contributed by atoms with Crippen molar-refractivity contribution >= 4 is 17.2 Å². The average molecular weight is 294 g/mol. The summed E-state index contributed by atoms with van der Waals surface area (Å²) in [5, 5.41) is 5.59. The summed E-state index contributed by atoms with van der Waals surface area (Å²) < 4.78 is 26.2. The van der Waals surface area contributed by atoms with Crippen molar-refractivity contribution in [3.63, 3.8) is 0 Å². The molecule has 0 saturated heterocycles. The van der Waals surface area contributed by atoms with Crippen LogP contribution in [0.1, 0.15) is 39.8 Å². The molecular formula is C14H12F2N2OS. The van der Waals surface area contributed by atoms with Gasteiger partial charge in [0, 0.05) is 17.4 Å². The monoisotopic (exact) mass is 294 g/mol. The highest BCUT2D eigenvalue weighted by Gasteiger charge is 2.26. The Morgan fingerprint density at radius 3 is 2.90 bits per heavy atom. The van der Waals surface area contributed by atoms with E-state index in [1.807, 2.05) is 5.38 Å². The van der Waals surface area contributed by atoms with Crippen LogP contribution < -0.4 is 5.32 Å². The fraction of sp³-hybridized carbons (Fsp3) is 0.286. The lowest BCUT2D eigenvalue weighted by Crippen LogP contribution is -2.24. The fourth-order valence-electron chi connectivity index (χ4n) is 1.86. The molecule has 1 aromatic carbocycles. The largest absolute Gasteiger partial charge is 0.346 e. The first-order valence-electron chi connectivity index (χ1n) is 6.31. The summed E-state index contributed by atoms with van der Waals surface area (Å²) in [4.78, 5) is 16.2. The highest BCUT2D eigenvalue weighted by Crippen LogP contribution is 2.41. The van der Waals surface area contributed by atoms with E-state index in [0.717, 1.165) is 22.8 Å². The number of carbonyl (C=O) groups is 1. The number of hydrogen-bond acceptors (Lipinski definition) is 3. The van der Waals surface area contributed by atoms with Gasteiger partial charge in [-0.15, -0.1) is 11.3 Å². The van der Waals surface area contributed by atoms with Gasteiger partial charge in [0.05, 0.1) is 22.8 Å². The number of nitrogens with one attached hydrogen (secondary N) is 1. The van der Waals surface area contributed by atoms with Crippen LogP contribution in [0.25, 0.3) is 0 Å². The molecule has 0 bridgehead atoms. The van der Waals surface area contributed by atoms with Crippen LogP contribution in [-0.2, 0) is 6.54 Å². The van der Waals surface area contributed by atoms with Gasteiger partial charge in [-0.25, -0.2) is 13.8 Å². The van der Waals surface area contributed by atoms with E-state index in [1.54, 1.807) is 11.3 Å². The summed E-state index contributed by atoms with van der Waals surface area (Å²) in [5.74, 6) is -1.55. The Morgan fingerprint density at radius 1 is 1.40 bits per heavy atom. The molecule has 1 N–H and O–H groups in total. The van der Waals surface area contributed by atoms with Crippen molar-refractivity contribution in [2.75, 3.05) is 0 Å². The molecule has 104 valence electrons. The lowest BCUT2D eigenvalue weighted by molar-refractivity contribution is 0.0946. The molecule has 1 heterocycles. The number of halogens is 2. The van der Waals surface area contributed by atoms with Crippen LogP contribution in [0.4, 0.5) is 8.78 Å². The molecule has 1 amide bonds. The smallest absolute Gasteiger partial charge is 0.254 e. The Morgan fingerprint density at radius 2 is 2.20 bits per heavy atom. The first kappa shape index (κ1) is 13.2. The van der Waals surface area contributed by atoms with E-state index >= 15 is 0 Å². The van der Waals surface area contributed by atoms with Crippen molar-refractivity contribution in [2.24, 2.45) is 0 Å². The maximum Gasteiger partial charge on any atom is 0.254 e. The number of rotatable bonds is 4. The van der Waals surface area contributed by atoms with Crippen LogP contribution in [0.5, 0.6) is 0 Å². The SMILES string of the molecule is O=C(NCc1csc(C2CC2)n1)c1ccc(F)cc1F. The maximum atomic E-state index is 13.4. The average Bonchev–Trinajstić information content (AvgIpc) is 3.15. The van der Waals surface area contributed by atoms with Gasteiger partial charge in [-0.3, -0.25) is 4.79 Å². The number of amides is 1. The van der Waals surface area contributed by atoms with Crippen molar-refractivity contribution in [1.82, 2.24) is 10.3 Å². The lowest BCUT2D eigenvalue weighted by Gasteiger charge is -2.04. The second-order valence-electron chi connectivity index (χ2n) is 4.76. The van der Waals surface area contributed by atoms with E-state index in [1.165, 1.54) is 12.8 Å². The number of thiazole rings is 1. The van der Waals surface area contributed by atoms with Crippen LogP contribution in [0.15, 0.2) is 23.6 Å². The van der Waals surface area contributed by atoms with Gasteiger partial charge in [0.2, 0.25) is 0 Å².